The number of hydrogen-bond donors (Lipinski definition) is 0. The lowest BCUT2D eigenvalue weighted by Gasteiger charge is -2.13. The SMILES string of the molecule is Cc1ccc(OCCn2c(COc3ccc(C(C)C)cc3)nc3ccccc32)cc1C. The van der Waals surface area contributed by atoms with Gasteiger partial charge in [0.1, 0.15) is 30.5 Å². The lowest BCUT2D eigenvalue weighted by Crippen LogP contribution is -2.13. The minimum atomic E-state index is 0.416. The molecule has 0 aliphatic heterocycles. The molecule has 3 aromatic carbocycles. The Labute approximate surface area is 184 Å². The van der Waals surface area contributed by atoms with Gasteiger partial charge in [0.25, 0.3) is 0 Å². The van der Waals surface area contributed by atoms with Crippen molar-refractivity contribution in [3.05, 3.63) is 89.2 Å². The molecule has 1 heterocycles. The van der Waals surface area contributed by atoms with Gasteiger partial charge in [0.2, 0.25) is 0 Å². The molecule has 0 saturated carbocycles. The van der Waals surface area contributed by atoms with Crippen molar-refractivity contribution in [1.82, 2.24) is 9.55 Å². The minimum absolute atomic E-state index is 0.416. The van der Waals surface area contributed by atoms with Crippen LogP contribution in [0.3, 0.4) is 0 Å². The van der Waals surface area contributed by atoms with E-state index in [2.05, 4.69) is 62.6 Å². The van der Waals surface area contributed by atoms with Crippen LogP contribution in [0.15, 0.2) is 66.7 Å². The molecule has 0 aliphatic rings. The van der Waals surface area contributed by atoms with Crippen LogP contribution in [0.2, 0.25) is 0 Å². The fraction of sp³-hybridized carbons (Fsp3) is 0.296. The quantitative estimate of drug-likeness (QED) is 0.333. The zero-order valence-electron chi connectivity index (χ0n) is 18.8. The van der Waals surface area contributed by atoms with Gasteiger partial charge in [0.15, 0.2) is 0 Å². The Hall–Kier alpha value is -3.27. The van der Waals surface area contributed by atoms with Crippen LogP contribution in [0.25, 0.3) is 11.0 Å². The molecule has 4 aromatic rings. The van der Waals surface area contributed by atoms with Crippen molar-refractivity contribution in [3.63, 3.8) is 0 Å². The number of ether oxygens (including phenoxy) is 2. The molecule has 4 nitrogen and oxygen atoms in total. The summed E-state index contributed by atoms with van der Waals surface area (Å²) < 4.78 is 14.3. The van der Waals surface area contributed by atoms with E-state index in [0.29, 0.717) is 25.7 Å². The fourth-order valence-corrected chi connectivity index (χ4v) is 3.64. The average molecular weight is 415 g/mol. The van der Waals surface area contributed by atoms with E-state index in [1.54, 1.807) is 0 Å². The fourth-order valence-electron chi connectivity index (χ4n) is 3.64. The topological polar surface area (TPSA) is 36.3 Å². The molecular formula is C27H30N2O2. The number of imidazole rings is 1. The van der Waals surface area contributed by atoms with E-state index in [-0.39, 0.29) is 0 Å². The monoisotopic (exact) mass is 414 g/mol. The smallest absolute Gasteiger partial charge is 0.148 e. The van der Waals surface area contributed by atoms with Gasteiger partial charge in [0, 0.05) is 0 Å². The van der Waals surface area contributed by atoms with Crippen molar-refractivity contribution in [2.45, 2.75) is 46.8 Å². The zero-order chi connectivity index (χ0) is 21.8. The molecule has 0 saturated heterocycles. The van der Waals surface area contributed by atoms with Crippen LogP contribution in [0, 0.1) is 13.8 Å². The van der Waals surface area contributed by atoms with Crippen molar-refractivity contribution in [2.24, 2.45) is 0 Å². The summed E-state index contributed by atoms with van der Waals surface area (Å²) in [6, 6.07) is 22.7. The molecule has 4 rings (SSSR count). The van der Waals surface area contributed by atoms with Crippen LogP contribution in [0.1, 0.15) is 42.3 Å². The first kappa shape index (κ1) is 21.0. The Bertz CT molecular complexity index is 1160. The number of hydrogen-bond acceptors (Lipinski definition) is 3. The number of benzene rings is 3. The molecule has 0 unspecified atom stereocenters. The van der Waals surface area contributed by atoms with E-state index in [4.69, 9.17) is 14.5 Å². The van der Waals surface area contributed by atoms with Crippen LogP contribution in [-0.4, -0.2) is 16.2 Å². The lowest BCUT2D eigenvalue weighted by atomic mass is 10.0. The van der Waals surface area contributed by atoms with Crippen LogP contribution in [0.5, 0.6) is 11.5 Å². The first-order valence-electron chi connectivity index (χ1n) is 10.9. The van der Waals surface area contributed by atoms with Crippen LogP contribution in [-0.2, 0) is 13.2 Å². The summed E-state index contributed by atoms with van der Waals surface area (Å²) in [5, 5.41) is 0. The highest BCUT2D eigenvalue weighted by Gasteiger charge is 2.12. The Morgan fingerprint density at radius 1 is 0.839 bits per heavy atom. The molecule has 0 N–H and O–H groups in total. The molecule has 0 atom stereocenters. The molecule has 4 heteroatoms. The number of aryl methyl sites for hydroxylation is 2. The van der Waals surface area contributed by atoms with Crippen LogP contribution < -0.4 is 9.47 Å². The van der Waals surface area contributed by atoms with E-state index in [1.807, 2.05) is 36.4 Å². The van der Waals surface area contributed by atoms with Gasteiger partial charge in [-0.1, -0.05) is 44.2 Å². The van der Waals surface area contributed by atoms with Gasteiger partial charge in [-0.2, -0.15) is 0 Å². The normalized spacial score (nSPS) is 11.3. The van der Waals surface area contributed by atoms with Crippen LogP contribution >= 0.6 is 0 Å². The lowest BCUT2D eigenvalue weighted by molar-refractivity contribution is 0.272. The maximum Gasteiger partial charge on any atom is 0.148 e. The Kier molecular flexibility index (Phi) is 6.26. The summed E-state index contributed by atoms with van der Waals surface area (Å²) in [4.78, 5) is 4.81. The number of nitrogens with zero attached hydrogens (tertiary/aromatic N) is 2. The predicted molar refractivity (Wildman–Crippen MR) is 126 cm³/mol. The third kappa shape index (κ3) is 4.91. The summed E-state index contributed by atoms with van der Waals surface area (Å²) in [5.74, 6) is 3.17. The first-order chi connectivity index (χ1) is 15.0. The number of aromatic nitrogens is 2. The van der Waals surface area contributed by atoms with Crippen molar-refractivity contribution in [1.29, 1.82) is 0 Å². The van der Waals surface area contributed by atoms with Gasteiger partial charge in [0.05, 0.1) is 17.6 Å². The maximum atomic E-state index is 6.07. The Balaban J connectivity index is 1.48. The van der Waals surface area contributed by atoms with Gasteiger partial charge >= 0.3 is 0 Å². The summed E-state index contributed by atoms with van der Waals surface area (Å²) in [6.45, 7) is 10.3. The Morgan fingerprint density at radius 3 is 2.32 bits per heavy atom. The average Bonchev–Trinajstić information content (AvgIpc) is 3.12. The number of rotatable bonds is 8. The summed E-state index contributed by atoms with van der Waals surface area (Å²) in [5.41, 5.74) is 5.89. The standard InChI is InChI=1S/C27H30N2O2/c1-19(2)22-10-13-23(14-11-22)31-18-27-28-25-7-5-6-8-26(25)29(27)15-16-30-24-12-9-20(3)21(4)17-24/h5-14,17,19H,15-16,18H2,1-4H3. The van der Waals surface area contributed by atoms with E-state index in [9.17, 15) is 0 Å². The molecule has 0 fully saturated rings. The summed E-state index contributed by atoms with van der Waals surface area (Å²) in [7, 11) is 0. The molecule has 0 radical (unpaired) electrons. The number of fused-ring (bicyclic) bond motifs is 1. The molecule has 0 spiro atoms. The van der Waals surface area contributed by atoms with Gasteiger partial charge < -0.3 is 14.0 Å². The maximum absolute atomic E-state index is 6.07. The third-order valence-electron chi connectivity index (χ3n) is 5.71. The highest BCUT2D eigenvalue weighted by Crippen LogP contribution is 2.22. The van der Waals surface area contributed by atoms with E-state index in [1.165, 1.54) is 16.7 Å². The first-order valence-corrected chi connectivity index (χ1v) is 10.9. The summed E-state index contributed by atoms with van der Waals surface area (Å²) in [6.07, 6.45) is 0. The molecule has 31 heavy (non-hydrogen) atoms. The molecule has 160 valence electrons. The molecule has 1 aromatic heterocycles. The van der Waals surface area contributed by atoms with E-state index < -0.39 is 0 Å². The molecular weight excluding hydrogens is 384 g/mol. The number of para-hydroxylation sites is 2. The predicted octanol–water partition coefficient (Wildman–Crippen LogP) is 6.43. The van der Waals surface area contributed by atoms with Gasteiger partial charge in [-0.3, -0.25) is 0 Å². The van der Waals surface area contributed by atoms with Crippen molar-refractivity contribution >= 4 is 11.0 Å². The highest BCUT2D eigenvalue weighted by molar-refractivity contribution is 5.75. The van der Waals surface area contributed by atoms with Crippen molar-refractivity contribution < 1.29 is 9.47 Å². The van der Waals surface area contributed by atoms with E-state index in [0.717, 1.165) is 28.4 Å². The van der Waals surface area contributed by atoms with Gasteiger partial charge in [-0.15, -0.1) is 0 Å². The highest BCUT2D eigenvalue weighted by atomic mass is 16.5. The van der Waals surface area contributed by atoms with Crippen LogP contribution in [0.4, 0.5) is 0 Å². The van der Waals surface area contributed by atoms with Crippen molar-refractivity contribution in [2.75, 3.05) is 6.61 Å². The second kappa shape index (κ2) is 9.25. The molecule has 0 aliphatic carbocycles. The van der Waals surface area contributed by atoms with Gasteiger partial charge in [-0.05, 0) is 72.9 Å². The second-order valence-corrected chi connectivity index (χ2v) is 8.28. The minimum Gasteiger partial charge on any atom is -0.492 e. The third-order valence-corrected chi connectivity index (χ3v) is 5.71. The summed E-state index contributed by atoms with van der Waals surface area (Å²) >= 11 is 0. The second-order valence-electron chi connectivity index (χ2n) is 8.28. The zero-order valence-corrected chi connectivity index (χ0v) is 18.8. The largest absolute Gasteiger partial charge is 0.492 e. The molecule has 0 amide bonds. The van der Waals surface area contributed by atoms with Crippen molar-refractivity contribution in [3.8, 4) is 11.5 Å². The molecule has 0 bridgehead atoms. The Morgan fingerprint density at radius 2 is 1.58 bits per heavy atom. The van der Waals surface area contributed by atoms with Gasteiger partial charge in [-0.25, -0.2) is 4.98 Å². The van der Waals surface area contributed by atoms with E-state index >= 15 is 0 Å².